The molecule has 0 aromatic heterocycles. The number of piperazine rings is 1. The second-order valence-corrected chi connectivity index (χ2v) is 5.25. The van der Waals surface area contributed by atoms with Crippen molar-refractivity contribution in [3.05, 3.63) is 35.9 Å². The van der Waals surface area contributed by atoms with Crippen molar-refractivity contribution in [2.24, 2.45) is 5.73 Å². The second-order valence-electron chi connectivity index (χ2n) is 5.25. The zero-order valence-corrected chi connectivity index (χ0v) is 11.5. The van der Waals surface area contributed by atoms with Gasteiger partial charge in [0.25, 0.3) is 0 Å². The van der Waals surface area contributed by atoms with Gasteiger partial charge in [0, 0.05) is 38.3 Å². The normalized spacial score (nSPS) is 21.7. The highest BCUT2D eigenvalue weighted by atomic mass is 15.3. The van der Waals surface area contributed by atoms with Gasteiger partial charge in [-0.1, -0.05) is 37.3 Å². The van der Waals surface area contributed by atoms with E-state index in [-0.39, 0.29) is 6.04 Å². The predicted molar refractivity (Wildman–Crippen MR) is 76.5 cm³/mol. The Kier molecular flexibility index (Phi) is 4.75. The molecule has 0 aliphatic carbocycles. The monoisotopic (exact) mass is 247 g/mol. The summed E-state index contributed by atoms with van der Waals surface area (Å²) in [6.07, 6.45) is 1.11. The molecule has 0 saturated carbocycles. The lowest BCUT2D eigenvalue weighted by Crippen LogP contribution is -2.51. The van der Waals surface area contributed by atoms with E-state index in [2.05, 4.69) is 48.0 Å². The van der Waals surface area contributed by atoms with E-state index < -0.39 is 0 Å². The van der Waals surface area contributed by atoms with Crippen LogP contribution in [0.25, 0.3) is 0 Å². The Hall–Kier alpha value is -0.900. The summed E-state index contributed by atoms with van der Waals surface area (Å²) >= 11 is 0. The summed E-state index contributed by atoms with van der Waals surface area (Å²) in [5.41, 5.74) is 7.71. The van der Waals surface area contributed by atoms with Gasteiger partial charge in [0.1, 0.15) is 0 Å². The maximum Gasteiger partial charge on any atom is 0.0453 e. The van der Waals surface area contributed by atoms with Gasteiger partial charge in [-0.15, -0.1) is 0 Å². The van der Waals surface area contributed by atoms with Gasteiger partial charge < -0.3 is 10.6 Å². The fourth-order valence-electron chi connectivity index (χ4n) is 2.79. The van der Waals surface area contributed by atoms with Crippen LogP contribution in [-0.2, 0) is 0 Å². The highest BCUT2D eigenvalue weighted by molar-refractivity contribution is 5.20. The van der Waals surface area contributed by atoms with Crippen molar-refractivity contribution in [1.82, 2.24) is 9.80 Å². The molecule has 1 fully saturated rings. The zero-order valence-electron chi connectivity index (χ0n) is 11.5. The molecule has 18 heavy (non-hydrogen) atoms. The molecule has 0 amide bonds. The molecule has 1 aliphatic heterocycles. The number of benzene rings is 1. The van der Waals surface area contributed by atoms with Crippen LogP contribution in [0.5, 0.6) is 0 Å². The molecular formula is C15H25N3. The van der Waals surface area contributed by atoms with Gasteiger partial charge in [-0.2, -0.15) is 0 Å². The number of likely N-dealkylation sites (N-methyl/N-ethyl adjacent to an activating group) is 1. The molecule has 1 heterocycles. The quantitative estimate of drug-likeness (QED) is 0.879. The number of hydrogen-bond donors (Lipinski definition) is 1. The SMILES string of the molecule is CCC(C(N)c1ccccc1)N1CCN(C)CC1. The fourth-order valence-corrected chi connectivity index (χ4v) is 2.79. The molecule has 2 unspecified atom stereocenters. The molecule has 3 nitrogen and oxygen atoms in total. The zero-order chi connectivity index (χ0) is 13.0. The third-order valence-electron chi connectivity index (χ3n) is 4.02. The van der Waals surface area contributed by atoms with Gasteiger partial charge in [-0.25, -0.2) is 0 Å². The fraction of sp³-hybridized carbons (Fsp3) is 0.600. The smallest absolute Gasteiger partial charge is 0.0453 e. The van der Waals surface area contributed by atoms with Crippen molar-refractivity contribution in [3.8, 4) is 0 Å². The molecule has 0 bridgehead atoms. The Morgan fingerprint density at radius 2 is 1.72 bits per heavy atom. The van der Waals surface area contributed by atoms with Gasteiger partial charge in [0.15, 0.2) is 0 Å². The van der Waals surface area contributed by atoms with Crippen molar-refractivity contribution < 1.29 is 0 Å². The van der Waals surface area contributed by atoms with Crippen molar-refractivity contribution in [1.29, 1.82) is 0 Å². The summed E-state index contributed by atoms with van der Waals surface area (Å²) in [5.74, 6) is 0. The highest BCUT2D eigenvalue weighted by Crippen LogP contribution is 2.22. The molecule has 3 heteroatoms. The van der Waals surface area contributed by atoms with E-state index in [1.54, 1.807) is 0 Å². The lowest BCUT2D eigenvalue weighted by atomic mass is 9.96. The van der Waals surface area contributed by atoms with Crippen LogP contribution >= 0.6 is 0 Å². The Balaban J connectivity index is 2.04. The summed E-state index contributed by atoms with van der Waals surface area (Å²) in [4.78, 5) is 4.94. The highest BCUT2D eigenvalue weighted by Gasteiger charge is 2.26. The van der Waals surface area contributed by atoms with Crippen molar-refractivity contribution >= 4 is 0 Å². The average molecular weight is 247 g/mol. The van der Waals surface area contributed by atoms with Crippen molar-refractivity contribution in [2.75, 3.05) is 33.2 Å². The largest absolute Gasteiger partial charge is 0.323 e. The van der Waals surface area contributed by atoms with Crippen LogP contribution in [0.2, 0.25) is 0 Å². The van der Waals surface area contributed by atoms with E-state index in [0.717, 1.165) is 32.6 Å². The number of nitrogens with two attached hydrogens (primary N) is 1. The summed E-state index contributed by atoms with van der Waals surface area (Å²) in [7, 11) is 2.19. The van der Waals surface area contributed by atoms with Crippen LogP contribution < -0.4 is 5.73 Å². The topological polar surface area (TPSA) is 32.5 Å². The summed E-state index contributed by atoms with van der Waals surface area (Å²) < 4.78 is 0. The molecular weight excluding hydrogens is 222 g/mol. The van der Waals surface area contributed by atoms with Gasteiger partial charge in [0.2, 0.25) is 0 Å². The number of nitrogens with zero attached hydrogens (tertiary/aromatic N) is 2. The minimum Gasteiger partial charge on any atom is -0.323 e. The molecule has 0 radical (unpaired) electrons. The van der Waals surface area contributed by atoms with E-state index in [4.69, 9.17) is 5.73 Å². The molecule has 1 saturated heterocycles. The van der Waals surface area contributed by atoms with Crippen molar-refractivity contribution in [2.45, 2.75) is 25.4 Å². The standard InChI is InChI=1S/C15H25N3/c1-3-14(18-11-9-17(2)10-12-18)15(16)13-7-5-4-6-8-13/h4-8,14-15H,3,9-12,16H2,1-2H3. The Bertz CT molecular complexity index is 344. The minimum atomic E-state index is 0.125. The first kappa shape index (κ1) is 13.5. The van der Waals surface area contributed by atoms with Crippen LogP contribution in [0.4, 0.5) is 0 Å². The third-order valence-corrected chi connectivity index (χ3v) is 4.02. The molecule has 0 spiro atoms. The molecule has 2 N–H and O–H groups in total. The van der Waals surface area contributed by atoms with Crippen LogP contribution in [0.3, 0.4) is 0 Å². The maximum atomic E-state index is 6.46. The lowest BCUT2D eigenvalue weighted by Gasteiger charge is -2.40. The van der Waals surface area contributed by atoms with E-state index in [0.29, 0.717) is 6.04 Å². The predicted octanol–water partition coefficient (Wildman–Crippen LogP) is 1.71. The lowest BCUT2D eigenvalue weighted by molar-refractivity contribution is 0.0955. The second kappa shape index (κ2) is 6.32. The third kappa shape index (κ3) is 3.10. The Labute approximate surface area is 111 Å². The molecule has 1 aromatic carbocycles. The first-order valence-electron chi connectivity index (χ1n) is 6.95. The van der Waals surface area contributed by atoms with Crippen LogP contribution in [0.1, 0.15) is 24.9 Å². The molecule has 2 atom stereocenters. The summed E-state index contributed by atoms with van der Waals surface area (Å²) in [5, 5.41) is 0. The first-order valence-corrected chi connectivity index (χ1v) is 6.95. The van der Waals surface area contributed by atoms with E-state index >= 15 is 0 Å². The first-order chi connectivity index (χ1) is 8.72. The maximum absolute atomic E-state index is 6.46. The Morgan fingerprint density at radius 3 is 2.28 bits per heavy atom. The summed E-state index contributed by atoms with van der Waals surface area (Å²) in [6.45, 7) is 6.81. The molecule has 100 valence electrons. The van der Waals surface area contributed by atoms with Crippen LogP contribution in [0, 0.1) is 0 Å². The molecule has 1 aliphatic rings. The number of rotatable bonds is 4. The van der Waals surface area contributed by atoms with Gasteiger partial charge in [0.05, 0.1) is 0 Å². The minimum absolute atomic E-state index is 0.125. The van der Waals surface area contributed by atoms with E-state index in [9.17, 15) is 0 Å². The molecule has 1 aromatic rings. The average Bonchev–Trinajstić information content (AvgIpc) is 2.42. The van der Waals surface area contributed by atoms with E-state index in [1.165, 1.54) is 5.56 Å². The van der Waals surface area contributed by atoms with Gasteiger partial charge in [-0.05, 0) is 19.0 Å². The van der Waals surface area contributed by atoms with Gasteiger partial charge >= 0.3 is 0 Å². The van der Waals surface area contributed by atoms with Crippen LogP contribution in [-0.4, -0.2) is 49.1 Å². The van der Waals surface area contributed by atoms with E-state index in [1.807, 2.05) is 6.07 Å². The van der Waals surface area contributed by atoms with Gasteiger partial charge in [-0.3, -0.25) is 4.90 Å². The number of hydrogen-bond acceptors (Lipinski definition) is 3. The van der Waals surface area contributed by atoms with Crippen molar-refractivity contribution in [3.63, 3.8) is 0 Å². The summed E-state index contributed by atoms with van der Waals surface area (Å²) in [6, 6.07) is 11.1. The van der Waals surface area contributed by atoms with Crippen LogP contribution in [0.15, 0.2) is 30.3 Å². The molecule has 2 rings (SSSR count). The Morgan fingerprint density at radius 1 is 1.11 bits per heavy atom.